The van der Waals surface area contributed by atoms with Crippen molar-refractivity contribution in [3.8, 4) is 22.5 Å². The lowest BCUT2D eigenvalue weighted by atomic mass is 9.70. The third kappa shape index (κ3) is 5.65. The molecule has 0 atom stereocenters. The second-order valence-electron chi connectivity index (χ2n) is 12.7. The van der Waals surface area contributed by atoms with Crippen LogP contribution >= 0.6 is 0 Å². The van der Waals surface area contributed by atoms with Crippen LogP contribution < -0.4 is 0 Å². The monoisotopic (exact) mass is 556 g/mol. The molecule has 0 aliphatic heterocycles. The van der Waals surface area contributed by atoms with Gasteiger partial charge in [-0.2, -0.15) is 0 Å². The highest BCUT2D eigenvalue weighted by atomic mass is 14.9. The first-order valence-corrected chi connectivity index (χ1v) is 16.9. The minimum absolute atomic E-state index is 0.0976. The molecule has 42 heavy (non-hydrogen) atoms. The molecule has 0 saturated carbocycles. The molecule has 0 fully saturated rings. The zero-order valence-electron chi connectivity index (χ0n) is 25.9. The van der Waals surface area contributed by atoms with E-state index in [4.69, 9.17) is 4.98 Å². The molecule has 1 aliphatic carbocycles. The largest absolute Gasteiger partial charge is 0.338 e. The first kappa shape index (κ1) is 28.7. The molecular weight excluding hydrogens is 508 g/mol. The molecule has 0 unspecified atom stereocenters. The molecular formula is C40H48N2. The fourth-order valence-electron chi connectivity index (χ4n) is 7.59. The highest BCUT2D eigenvalue weighted by Gasteiger charge is 2.42. The number of imidazole rings is 1. The van der Waals surface area contributed by atoms with Crippen molar-refractivity contribution in [3.05, 3.63) is 90.0 Å². The quantitative estimate of drug-likeness (QED) is 0.128. The van der Waals surface area contributed by atoms with Crippen LogP contribution in [-0.2, 0) is 5.41 Å². The van der Waals surface area contributed by atoms with E-state index in [0.717, 1.165) is 11.3 Å². The molecule has 6 rings (SSSR count). The van der Waals surface area contributed by atoms with Crippen molar-refractivity contribution in [2.75, 3.05) is 0 Å². The summed E-state index contributed by atoms with van der Waals surface area (Å²) >= 11 is 0. The summed E-state index contributed by atoms with van der Waals surface area (Å²) in [6.45, 7) is 4.62. The minimum atomic E-state index is 0.0976. The van der Waals surface area contributed by atoms with Gasteiger partial charge in [0.25, 0.3) is 0 Å². The fraction of sp³-hybridized carbons (Fsp3) is 0.425. The van der Waals surface area contributed by atoms with Crippen molar-refractivity contribution < 1.29 is 0 Å². The fourth-order valence-corrected chi connectivity index (χ4v) is 7.59. The van der Waals surface area contributed by atoms with Gasteiger partial charge in [0.15, 0.2) is 0 Å². The van der Waals surface area contributed by atoms with E-state index in [1.165, 1.54) is 128 Å². The molecule has 0 bridgehead atoms. The van der Waals surface area contributed by atoms with E-state index in [-0.39, 0.29) is 5.41 Å². The Kier molecular flexibility index (Phi) is 9.08. The van der Waals surface area contributed by atoms with Gasteiger partial charge in [0.2, 0.25) is 0 Å². The third-order valence-corrected chi connectivity index (χ3v) is 9.83. The third-order valence-electron chi connectivity index (χ3n) is 9.83. The maximum Gasteiger partial charge on any atom is 0.139 e. The summed E-state index contributed by atoms with van der Waals surface area (Å²) in [6.07, 6.45) is 18.6. The van der Waals surface area contributed by atoms with Crippen molar-refractivity contribution in [2.24, 2.45) is 0 Å². The standard InChI is InChI=1S/C40H48N2/c1-3-5-7-9-11-17-26-40(27-18-12-10-8-6-4-2)35-25-16-15-23-32(35)34-28-37-38(29-36(34)40)42-39(41-37)33-24-19-21-30-20-13-14-22-31(30)33/h13-16,19-25,28-29H,3-12,17-18,26-27H2,1-2H3,(H,41,42). The Labute approximate surface area is 253 Å². The Bertz CT molecular complexity index is 1600. The molecule has 0 radical (unpaired) electrons. The summed E-state index contributed by atoms with van der Waals surface area (Å²) in [5.41, 5.74) is 9.44. The van der Waals surface area contributed by atoms with E-state index in [0.29, 0.717) is 0 Å². The molecule has 2 nitrogen and oxygen atoms in total. The number of hydrogen-bond acceptors (Lipinski definition) is 1. The molecule has 1 N–H and O–H groups in total. The molecule has 5 aromatic rings. The number of nitrogens with zero attached hydrogens (tertiary/aromatic N) is 1. The van der Waals surface area contributed by atoms with Crippen LogP contribution in [0.4, 0.5) is 0 Å². The Hall–Kier alpha value is -3.39. The Morgan fingerprint density at radius 3 is 1.95 bits per heavy atom. The Balaban J connectivity index is 1.38. The Morgan fingerprint density at radius 2 is 1.19 bits per heavy atom. The van der Waals surface area contributed by atoms with Gasteiger partial charge in [-0.3, -0.25) is 0 Å². The number of fused-ring (bicyclic) bond motifs is 5. The summed E-state index contributed by atoms with van der Waals surface area (Å²) in [7, 11) is 0. The molecule has 2 heteroatoms. The maximum absolute atomic E-state index is 5.18. The smallest absolute Gasteiger partial charge is 0.139 e. The topological polar surface area (TPSA) is 28.7 Å². The van der Waals surface area contributed by atoms with E-state index in [1.54, 1.807) is 5.56 Å². The van der Waals surface area contributed by atoms with Crippen molar-refractivity contribution in [1.29, 1.82) is 0 Å². The van der Waals surface area contributed by atoms with Gasteiger partial charge in [-0.1, -0.05) is 158 Å². The Morgan fingerprint density at radius 1 is 0.571 bits per heavy atom. The van der Waals surface area contributed by atoms with Crippen molar-refractivity contribution in [1.82, 2.24) is 9.97 Å². The van der Waals surface area contributed by atoms with Crippen LogP contribution in [0, 0.1) is 0 Å². The number of aromatic nitrogens is 2. The predicted octanol–water partition coefficient (Wildman–Crippen LogP) is 12.2. The highest BCUT2D eigenvalue weighted by Crippen LogP contribution is 2.55. The summed E-state index contributed by atoms with van der Waals surface area (Å²) in [6, 6.07) is 29.3. The van der Waals surface area contributed by atoms with Gasteiger partial charge in [-0.05, 0) is 58.0 Å². The number of unbranched alkanes of at least 4 members (excludes halogenated alkanes) is 10. The van der Waals surface area contributed by atoms with Crippen LogP contribution in [0.5, 0.6) is 0 Å². The van der Waals surface area contributed by atoms with Crippen LogP contribution in [-0.4, -0.2) is 9.97 Å². The molecule has 1 aliphatic rings. The van der Waals surface area contributed by atoms with Gasteiger partial charge in [-0.25, -0.2) is 4.98 Å². The van der Waals surface area contributed by atoms with E-state index >= 15 is 0 Å². The summed E-state index contributed by atoms with van der Waals surface area (Å²) in [5.74, 6) is 0.969. The first-order valence-electron chi connectivity index (χ1n) is 16.9. The molecule has 1 aromatic heterocycles. The number of benzene rings is 4. The molecule has 1 heterocycles. The molecule has 0 saturated heterocycles. The second-order valence-corrected chi connectivity index (χ2v) is 12.7. The molecule has 4 aromatic carbocycles. The van der Waals surface area contributed by atoms with Gasteiger partial charge >= 0.3 is 0 Å². The highest BCUT2D eigenvalue weighted by molar-refractivity contribution is 5.97. The van der Waals surface area contributed by atoms with Crippen molar-refractivity contribution >= 4 is 21.8 Å². The predicted molar refractivity (Wildman–Crippen MR) is 181 cm³/mol. The van der Waals surface area contributed by atoms with Crippen LogP contribution in [0.1, 0.15) is 115 Å². The summed E-state index contributed by atoms with van der Waals surface area (Å²) < 4.78 is 0. The number of aromatic amines is 1. The van der Waals surface area contributed by atoms with Gasteiger partial charge in [-0.15, -0.1) is 0 Å². The van der Waals surface area contributed by atoms with E-state index < -0.39 is 0 Å². The summed E-state index contributed by atoms with van der Waals surface area (Å²) in [4.78, 5) is 8.95. The van der Waals surface area contributed by atoms with E-state index in [9.17, 15) is 0 Å². The molecule has 218 valence electrons. The van der Waals surface area contributed by atoms with Gasteiger partial charge in [0.05, 0.1) is 11.0 Å². The van der Waals surface area contributed by atoms with E-state index in [1.807, 2.05) is 0 Å². The van der Waals surface area contributed by atoms with Gasteiger partial charge < -0.3 is 4.98 Å². The lowest BCUT2D eigenvalue weighted by molar-refractivity contribution is 0.398. The zero-order valence-corrected chi connectivity index (χ0v) is 25.9. The molecule has 0 spiro atoms. The van der Waals surface area contributed by atoms with E-state index in [2.05, 4.69) is 97.7 Å². The average molecular weight is 557 g/mol. The van der Waals surface area contributed by atoms with Crippen molar-refractivity contribution in [2.45, 2.75) is 109 Å². The SMILES string of the molecule is CCCCCCCCC1(CCCCCCCC)c2ccccc2-c2cc3nc(-c4cccc5ccccc45)[nH]c3cc21. The lowest BCUT2D eigenvalue weighted by Gasteiger charge is -2.33. The normalized spacial score (nSPS) is 13.6. The number of hydrogen-bond donors (Lipinski definition) is 1. The summed E-state index contributed by atoms with van der Waals surface area (Å²) in [5, 5.41) is 2.50. The number of rotatable bonds is 15. The first-order chi connectivity index (χ1) is 20.7. The maximum atomic E-state index is 5.18. The molecule has 0 amide bonds. The van der Waals surface area contributed by atoms with Crippen LogP contribution in [0.2, 0.25) is 0 Å². The van der Waals surface area contributed by atoms with Gasteiger partial charge in [0, 0.05) is 11.0 Å². The average Bonchev–Trinajstić information content (AvgIpc) is 3.56. The van der Waals surface area contributed by atoms with Crippen LogP contribution in [0.3, 0.4) is 0 Å². The zero-order chi connectivity index (χ0) is 28.8. The lowest BCUT2D eigenvalue weighted by Crippen LogP contribution is -2.25. The second kappa shape index (κ2) is 13.3. The van der Waals surface area contributed by atoms with Crippen LogP contribution in [0.25, 0.3) is 44.3 Å². The van der Waals surface area contributed by atoms with Crippen molar-refractivity contribution in [3.63, 3.8) is 0 Å². The van der Waals surface area contributed by atoms with Crippen LogP contribution in [0.15, 0.2) is 78.9 Å². The number of H-pyrrole nitrogens is 1. The van der Waals surface area contributed by atoms with Gasteiger partial charge in [0.1, 0.15) is 5.82 Å². The number of nitrogens with one attached hydrogen (secondary N) is 1. The minimum Gasteiger partial charge on any atom is -0.338 e.